The summed E-state index contributed by atoms with van der Waals surface area (Å²) in [6.45, 7) is 1.82. The molecular weight excluding hydrogens is 280 g/mol. The van der Waals surface area contributed by atoms with Gasteiger partial charge in [0, 0.05) is 6.07 Å². The molecule has 0 bridgehead atoms. The number of nitrogens with zero attached hydrogens (tertiary/aromatic N) is 3. The summed E-state index contributed by atoms with van der Waals surface area (Å²) in [5.74, 6) is 0.468. The fourth-order valence-corrected chi connectivity index (χ4v) is 2.83. The number of H-pyrrole nitrogens is 1. The molecule has 7 nitrogen and oxygen atoms in total. The van der Waals surface area contributed by atoms with Crippen LogP contribution in [-0.4, -0.2) is 26.9 Å². The summed E-state index contributed by atoms with van der Waals surface area (Å²) >= 11 is 1.33. The molecule has 0 saturated carbocycles. The van der Waals surface area contributed by atoms with E-state index >= 15 is 0 Å². The van der Waals surface area contributed by atoms with Crippen molar-refractivity contribution in [2.24, 2.45) is 0 Å². The van der Waals surface area contributed by atoms with Gasteiger partial charge < -0.3 is 4.74 Å². The van der Waals surface area contributed by atoms with Crippen molar-refractivity contribution < 1.29 is 4.74 Å². The molecule has 3 aromatic rings. The van der Waals surface area contributed by atoms with Crippen LogP contribution < -0.4 is 16.0 Å². The number of ether oxygens (including phenoxy) is 1. The van der Waals surface area contributed by atoms with E-state index in [2.05, 4.69) is 15.2 Å². The van der Waals surface area contributed by atoms with Crippen molar-refractivity contribution in [3.8, 4) is 11.7 Å². The van der Waals surface area contributed by atoms with E-state index in [0.29, 0.717) is 16.1 Å². The first-order chi connectivity index (χ1) is 9.61. The van der Waals surface area contributed by atoms with E-state index in [1.54, 1.807) is 6.07 Å². The number of nitrogens with one attached hydrogen (secondary N) is 1. The zero-order valence-electron chi connectivity index (χ0n) is 10.7. The number of methoxy groups -OCH3 is 1. The van der Waals surface area contributed by atoms with Crippen LogP contribution in [-0.2, 0) is 0 Å². The largest absolute Gasteiger partial charge is 0.480 e. The summed E-state index contributed by atoms with van der Waals surface area (Å²) in [5.41, 5.74) is -0.118. The lowest BCUT2D eigenvalue weighted by atomic mass is 10.3. The van der Waals surface area contributed by atoms with E-state index in [1.807, 2.05) is 12.3 Å². The van der Waals surface area contributed by atoms with Crippen LogP contribution in [0.4, 0.5) is 0 Å². The molecule has 0 saturated heterocycles. The second-order valence-corrected chi connectivity index (χ2v) is 5.01. The molecule has 3 aromatic heterocycles. The standard InChI is InChI=1S/C12H10N4O3S/c1-6-5-20-10-9(6)11(17)16(12(18)13-10)7-3-4-8(19-2)15-14-7/h3-5H,1-2H3,(H,13,18). The second kappa shape index (κ2) is 4.57. The van der Waals surface area contributed by atoms with Gasteiger partial charge in [-0.05, 0) is 23.9 Å². The van der Waals surface area contributed by atoms with Gasteiger partial charge in [-0.3, -0.25) is 9.78 Å². The predicted molar refractivity (Wildman–Crippen MR) is 74.9 cm³/mol. The fraction of sp³-hybridized carbons (Fsp3) is 0.167. The van der Waals surface area contributed by atoms with Gasteiger partial charge in [-0.15, -0.1) is 21.5 Å². The van der Waals surface area contributed by atoms with Crippen molar-refractivity contribution in [1.29, 1.82) is 0 Å². The second-order valence-electron chi connectivity index (χ2n) is 4.13. The SMILES string of the molecule is COc1ccc(-n2c(=O)[nH]c3scc(C)c3c2=O)nn1. The number of aromatic amines is 1. The maximum Gasteiger partial charge on any atom is 0.335 e. The number of hydrogen-bond acceptors (Lipinski definition) is 6. The van der Waals surface area contributed by atoms with Crippen molar-refractivity contribution in [2.45, 2.75) is 6.92 Å². The van der Waals surface area contributed by atoms with Crippen LogP contribution >= 0.6 is 11.3 Å². The molecule has 0 atom stereocenters. The van der Waals surface area contributed by atoms with Crippen LogP contribution in [0.1, 0.15) is 5.56 Å². The molecule has 0 radical (unpaired) electrons. The Hall–Kier alpha value is -2.48. The van der Waals surface area contributed by atoms with E-state index in [0.717, 1.165) is 10.1 Å². The molecule has 3 heterocycles. The Morgan fingerprint density at radius 1 is 1.30 bits per heavy atom. The number of hydrogen-bond donors (Lipinski definition) is 1. The van der Waals surface area contributed by atoms with Gasteiger partial charge in [-0.1, -0.05) is 0 Å². The zero-order chi connectivity index (χ0) is 14.3. The molecule has 8 heteroatoms. The van der Waals surface area contributed by atoms with Crippen LogP contribution in [0.15, 0.2) is 27.1 Å². The first-order valence-corrected chi connectivity index (χ1v) is 6.61. The molecule has 0 aliphatic heterocycles. The minimum Gasteiger partial charge on any atom is -0.480 e. The number of thiophene rings is 1. The Balaban J connectivity index is 2.32. The van der Waals surface area contributed by atoms with E-state index in [4.69, 9.17) is 4.74 Å². The highest BCUT2D eigenvalue weighted by molar-refractivity contribution is 7.16. The molecule has 1 N–H and O–H groups in total. The Morgan fingerprint density at radius 2 is 2.10 bits per heavy atom. The first-order valence-electron chi connectivity index (χ1n) is 5.73. The molecule has 0 spiro atoms. The predicted octanol–water partition coefficient (Wildman–Crippen LogP) is 0.848. The van der Waals surface area contributed by atoms with Crippen molar-refractivity contribution in [3.63, 3.8) is 0 Å². The van der Waals surface area contributed by atoms with Gasteiger partial charge in [0.2, 0.25) is 5.88 Å². The Bertz CT molecular complexity index is 892. The lowest BCUT2D eigenvalue weighted by molar-refractivity contribution is 0.391. The van der Waals surface area contributed by atoms with Crippen LogP contribution in [0.2, 0.25) is 0 Å². The maximum atomic E-state index is 12.4. The number of fused-ring (bicyclic) bond motifs is 1. The minimum absolute atomic E-state index is 0.157. The highest BCUT2D eigenvalue weighted by Crippen LogP contribution is 2.18. The normalized spacial score (nSPS) is 10.9. The molecule has 3 rings (SSSR count). The van der Waals surface area contributed by atoms with Gasteiger partial charge >= 0.3 is 5.69 Å². The number of rotatable bonds is 2. The smallest absolute Gasteiger partial charge is 0.335 e. The summed E-state index contributed by atoms with van der Waals surface area (Å²) in [6.07, 6.45) is 0. The Morgan fingerprint density at radius 3 is 2.75 bits per heavy atom. The molecule has 0 aromatic carbocycles. The van der Waals surface area contributed by atoms with Crippen molar-refractivity contribution >= 4 is 21.6 Å². The van der Waals surface area contributed by atoms with Crippen LogP contribution in [0, 0.1) is 6.92 Å². The molecule has 0 unspecified atom stereocenters. The zero-order valence-corrected chi connectivity index (χ0v) is 11.5. The van der Waals surface area contributed by atoms with E-state index in [1.165, 1.54) is 24.5 Å². The third-order valence-electron chi connectivity index (χ3n) is 2.88. The van der Waals surface area contributed by atoms with Crippen molar-refractivity contribution in [2.75, 3.05) is 7.11 Å². The van der Waals surface area contributed by atoms with Gasteiger partial charge in [0.1, 0.15) is 4.83 Å². The molecule has 102 valence electrons. The monoisotopic (exact) mass is 290 g/mol. The lowest BCUT2D eigenvalue weighted by Crippen LogP contribution is -2.34. The van der Waals surface area contributed by atoms with Gasteiger partial charge in [-0.25, -0.2) is 9.36 Å². The molecule has 20 heavy (non-hydrogen) atoms. The molecular formula is C12H10N4O3S. The summed E-state index contributed by atoms with van der Waals surface area (Å²) in [6, 6.07) is 3.05. The number of aromatic nitrogens is 4. The number of aryl methyl sites for hydroxylation is 1. The third kappa shape index (κ3) is 1.81. The fourth-order valence-electron chi connectivity index (χ4n) is 1.91. The Kier molecular flexibility index (Phi) is 2.87. The average Bonchev–Trinajstić information content (AvgIpc) is 2.81. The van der Waals surface area contributed by atoms with Crippen LogP contribution in [0.25, 0.3) is 16.0 Å². The lowest BCUT2D eigenvalue weighted by Gasteiger charge is -2.04. The van der Waals surface area contributed by atoms with Crippen molar-refractivity contribution in [3.05, 3.63) is 43.9 Å². The van der Waals surface area contributed by atoms with Gasteiger partial charge in [0.05, 0.1) is 12.5 Å². The van der Waals surface area contributed by atoms with E-state index < -0.39 is 11.2 Å². The molecule has 0 amide bonds. The highest BCUT2D eigenvalue weighted by atomic mass is 32.1. The Labute approximate surface area is 116 Å². The summed E-state index contributed by atoms with van der Waals surface area (Å²) < 4.78 is 5.86. The van der Waals surface area contributed by atoms with E-state index in [9.17, 15) is 9.59 Å². The highest BCUT2D eigenvalue weighted by Gasteiger charge is 2.14. The quantitative estimate of drug-likeness (QED) is 0.755. The maximum absolute atomic E-state index is 12.4. The van der Waals surface area contributed by atoms with Gasteiger partial charge in [-0.2, -0.15) is 0 Å². The van der Waals surface area contributed by atoms with Crippen LogP contribution in [0.5, 0.6) is 5.88 Å². The third-order valence-corrected chi connectivity index (χ3v) is 3.89. The van der Waals surface area contributed by atoms with Gasteiger partial charge in [0.15, 0.2) is 5.82 Å². The molecule has 0 fully saturated rings. The van der Waals surface area contributed by atoms with Crippen molar-refractivity contribution in [1.82, 2.24) is 19.7 Å². The first kappa shape index (κ1) is 12.5. The molecule has 0 aliphatic rings. The molecule has 0 aliphatic carbocycles. The average molecular weight is 290 g/mol. The topological polar surface area (TPSA) is 89.9 Å². The minimum atomic E-state index is -0.538. The summed E-state index contributed by atoms with van der Waals surface area (Å²) in [5, 5.41) is 9.92. The van der Waals surface area contributed by atoms with E-state index in [-0.39, 0.29) is 5.82 Å². The van der Waals surface area contributed by atoms with Crippen LogP contribution in [0.3, 0.4) is 0 Å². The summed E-state index contributed by atoms with van der Waals surface area (Å²) in [4.78, 5) is 27.7. The van der Waals surface area contributed by atoms with Gasteiger partial charge in [0.25, 0.3) is 5.56 Å². The summed E-state index contributed by atoms with van der Waals surface area (Å²) in [7, 11) is 1.46.